The summed E-state index contributed by atoms with van der Waals surface area (Å²) in [6, 6.07) is 0. The molecule has 3 atom stereocenters. The Morgan fingerprint density at radius 2 is 2.25 bits per heavy atom. The number of carboxylic acid groups (broad SMARTS) is 1. The third kappa shape index (κ3) is 4.70. The number of hydrogen-bond acceptors (Lipinski definition) is 5. The number of thiazole rings is 1. The fourth-order valence-electron chi connectivity index (χ4n) is 1.83. The first kappa shape index (κ1) is 16.8. The maximum Gasteiger partial charge on any atom is 0.308 e. The van der Waals surface area contributed by atoms with Gasteiger partial charge in [-0.2, -0.15) is 0 Å². The van der Waals surface area contributed by atoms with Crippen molar-refractivity contribution in [3.63, 3.8) is 0 Å². The first-order valence-electron chi connectivity index (χ1n) is 6.39. The smallest absolute Gasteiger partial charge is 0.308 e. The zero-order chi connectivity index (χ0) is 15.3. The molecular weight excluding hydrogens is 278 g/mol. The van der Waals surface area contributed by atoms with E-state index in [0.29, 0.717) is 0 Å². The molecule has 0 aliphatic heterocycles. The molecule has 0 saturated carbocycles. The first-order chi connectivity index (χ1) is 9.35. The second-order valence-corrected chi connectivity index (χ2v) is 5.90. The summed E-state index contributed by atoms with van der Waals surface area (Å²) >= 11 is 1.56. The molecule has 0 aliphatic rings. The molecule has 0 aromatic carbocycles. The summed E-state index contributed by atoms with van der Waals surface area (Å²) in [5.74, 6) is -1.83. The SMILES string of the molecule is COC(CC(O)C(C)C(=O)O)/C(C)=C/c1csc(C)n1. The largest absolute Gasteiger partial charge is 0.481 e. The second kappa shape index (κ2) is 7.52. The topological polar surface area (TPSA) is 79.7 Å². The molecule has 20 heavy (non-hydrogen) atoms. The number of methoxy groups -OCH3 is 1. The van der Waals surface area contributed by atoms with Crippen LogP contribution in [0.3, 0.4) is 0 Å². The highest BCUT2D eigenvalue weighted by atomic mass is 32.1. The number of rotatable bonds is 7. The number of ether oxygens (including phenoxy) is 1. The summed E-state index contributed by atoms with van der Waals surface area (Å²) in [6.45, 7) is 5.31. The second-order valence-electron chi connectivity index (χ2n) is 4.83. The number of carbonyl (C=O) groups is 1. The average molecular weight is 299 g/mol. The maximum absolute atomic E-state index is 10.9. The Hall–Kier alpha value is -1.24. The van der Waals surface area contributed by atoms with Gasteiger partial charge in [-0.1, -0.05) is 0 Å². The summed E-state index contributed by atoms with van der Waals surface area (Å²) in [5.41, 5.74) is 1.77. The monoisotopic (exact) mass is 299 g/mol. The van der Waals surface area contributed by atoms with E-state index in [-0.39, 0.29) is 12.5 Å². The van der Waals surface area contributed by atoms with Gasteiger partial charge in [0, 0.05) is 18.9 Å². The Kier molecular flexibility index (Phi) is 6.32. The van der Waals surface area contributed by atoms with E-state index in [1.54, 1.807) is 18.4 Å². The van der Waals surface area contributed by atoms with Crippen LogP contribution in [0, 0.1) is 12.8 Å². The zero-order valence-corrected chi connectivity index (χ0v) is 13.0. The predicted molar refractivity (Wildman–Crippen MR) is 78.7 cm³/mol. The van der Waals surface area contributed by atoms with Crippen LogP contribution in [0.25, 0.3) is 6.08 Å². The lowest BCUT2D eigenvalue weighted by molar-refractivity contribution is -0.145. The van der Waals surface area contributed by atoms with Crippen molar-refractivity contribution < 1.29 is 19.7 Å². The van der Waals surface area contributed by atoms with Gasteiger partial charge in [-0.3, -0.25) is 4.79 Å². The zero-order valence-electron chi connectivity index (χ0n) is 12.2. The summed E-state index contributed by atoms with van der Waals surface area (Å²) in [6.07, 6.45) is 0.873. The van der Waals surface area contributed by atoms with Gasteiger partial charge >= 0.3 is 5.97 Å². The van der Waals surface area contributed by atoms with Crippen LogP contribution >= 0.6 is 11.3 Å². The molecular formula is C14H21NO4S. The predicted octanol–water partition coefficient (Wildman–Crippen LogP) is 2.34. The molecule has 2 N–H and O–H groups in total. The molecule has 0 radical (unpaired) electrons. The Labute approximate surface area is 122 Å². The van der Waals surface area contributed by atoms with Crippen LogP contribution in [-0.2, 0) is 9.53 Å². The van der Waals surface area contributed by atoms with Gasteiger partial charge in [-0.15, -0.1) is 11.3 Å². The van der Waals surface area contributed by atoms with Crippen LogP contribution in [0.4, 0.5) is 0 Å². The van der Waals surface area contributed by atoms with Gasteiger partial charge in [0.25, 0.3) is 0 Å². The molecule has 0 spiro atoms. The lowest BCUT2D eigenvalue weighted by atomic mass is 9.96. The summed E-state index contributed by atoms with van der Waals surface area (Å²) in [7, 11) is 1.55. The van der Waals surface area contributed by atoms with Crippen LogP contribution in [0.15, 0.2) is 11.0 Å². The van der Waals surface area contributed by atoms with E-state index >= 15 is 0 Å². The lowest BCUT2D eigenvalue weighted by Gasteiger charge is -2.22. The highest BCUT2D eigenvalue weighted by molar-refractivity contribution is 7.09. The molecule has 6 heteroatoms. The molecule has 0 aliphatic carbocycles. The van der Waals surface area contributed by atoms with Crippen LogP contribution < -0.4 is 0 Å². The molecule has 3 unspecified atom stereocenters. The van der Waals surface area contributed by atoms with Crippen molar-refractivity contribution in [1.29, 1.82) is 0 Å². The van der Waals surface area contributed by atoms with Crippen molar-refractivity contribution in [2.75, 3.05) is 7.11 Å². The molecule has 1 aromatic heterocycles. The van der Waals surface area contributed by atoms with E-state index in [9.17, 15) is 9.90 Å². The van der Waals surface area contributed by atoms with Gasteiger partial charge in [-0.05, 0) is 32.4 Å². The number of aliphatic hydroxyl groups excluding tert-OH is 1. The molecule has 0 fully saturated rings. The normalized spacial score (nSPS) is 16.8. The number of aliphatic carboxylic acids is 1. The van der Waals surface area contributed by atoms with Crippen molar-refractivity contribution in [3.05, 3.63) is 21.7 Å². The fourth-order valence-corrected chi connectivity index (χ4v) is 2.40. The Morgan fingerprint density at radius 3 is 2.70 bits per heavy atom. The van der Waals surface area contributed by atoms with Crippen molar-refractivity contribution in [2.24, 2.45) is 5.92 Å². The molecule has 112 valence electrons. The molecule has 0 bridgehead atoms. The third-order valence-electron chi connectivity index (χ3n) is 3.23. The van der Waals surface area contributed by atoms with Crippen LogP contribution in [-0.4, -0.2) is 40.5 Å². The van der Waals surface area contributed by atoms with E-state index in [1.807, 2.05) is 25.3 Å². The molecule has 5 nitrogen and oxygen atoms in total. The standard InChI is InChI=1S/C14H21NO4S/c1-8(5-11-7-20-10(3)15-11)13(19-4)6-12(16)9(2)14(17)18/h5,7,9,12-13,16H,6H2,1-4H3,(H,17,18)/b8-5+. The highest BCUT2D eigenvalue weighted by Crippen LogP contribution is 2.20. The summed E-state index contributed by atoms with van der Waals surface area (Å²) in [5, 5.41) is 21.7. The minimum atomic E-state index is -1.01. The lowest BCUT2D eigenvalue weighted by Crippen LogP contribution is -2.30. The molecule has 1 heterocycles. The minimum Gasteiger partial charge on any atom is -0.481 e. The summed E-state index contributed by atoms with van der Waals surface area (Å²) in [4.78, 5) is 15.2. The molecule has 0 saturated heterocycles. The van der Waals surface area contributed by atoms with Crippen LogP contribution in [0.5, 0.6) is 0 Å². The fraction of sp³-hybridized carbons (Fsp3) is 0.571. The quantitative estimate of drug-likeness (QED) is 0.808. The van der Waals surface area contributed by atoms with E-state index in [0.717, 1.165) is 16.3 Å². The maximum atomic E-state index is 10.9. The summed E-state index contributed by atoms with van der Waals surface area (Å²) < 4.78 is 5.35. The Morgan fingerprint density at radius 1 is 1.60 bits per heavy atom. The van der Waals surface area contributed by atoms with E-state index < -0.39 is 18.0 Å². The third-order valence-corrected chi connectivity index (χ3v) is 4.02. The first-order valence-corrected chi connectivity index (χ1v) is 7.27. The highest BCUT2D eigenvalue weighted by Gasteiger charge is 2.25. The number of hydrogen-bond donors (Lipinski definition) is 2. The van der Waals surface area contributed by atoms with Gasteiger partial charge in [0.15, 0.2) is 0 Å². The Bertz CT molecular complexity index is 483. The van der Waals surface area contributed by atoms with Gasteiger partial charge in [0.05, 0.1) is 28.8 Å². The number of nitrogens with zero attached hydrogens (tertiary/aromatic N) is 1. The van der Waals surface area contributed by atoms with Gasteiger partial charge in [0.1, 0.15) is 0 Å². The molecule has 1 aromatic rings. The number of aromatic nitrogens is 1. The van der Waals surface area contributed by atoms with Crippen molar-refractivity contribution in [2.45, 2.75) is 39.4 Å². The van der Waals surface area contributed by atoms with Crippen molar-refractivity contribution in [1.82, 2.24) is 4.98 Å². The number of aliphatic hydroxyl groups is 1. The van der Waals surface area contributed by atoms with Crippen molar-refractivity contribution in [3.8, 4) is 0 Å². The van der Waals surface area contributed by atoms with E-state index in [2.05, 4.69) is 4.98 Å². The molecule has 1 rings (SSSR count). The van der Waals surface area contributed by atoms with Gasteiger partial charge in [0.2, 0.25) is 0 Å². The van der Waals surface area contributed by atoms with E-state index in [4.69, 9.17) is 9.84 Å². The Balaban J connectivity index is 2.75. The van der Waals surface area contributed by atoms with Crippen LogP contribution in [0.2, 0.25) is 0 Å². The number of aryl methyl sites for hydroxylation is 1. The van der Waals surface area contributed by atoms with Crippen molar-refractivity contribution >= 4 is 23.4 Å². The minimum absolute atomic E-state index is 0.245. The average Bonchev–Trinajstić information content (AvgIpc) is 2.79. The molecule has 0 amide bonds. The van der Waals surface area contributed by atoms with E-state index in [1.165, 1.54) is 6.92 Å². The number of carboxylic acids is 1. The van der Waals surface area contributed by atoms with Crippen LogP contribution in [0.1, 0.15) is 31.0 Å². The van der Waals surface area contributed by atoms with Gasteiger partial charge in [-0.25, -0.2) is 4.98 Å². The van der Waals surface area contributed by atoms with Gasteiger partial charge < -0.3 is 14.9 Å².